The zero-order chi connectivity index (χ0) is 69.8. The van der Waals surface area contributed by atoms with Gasteiger partial charge in [-0.3, -0.25) is 19.8 Å². The molecule has 0 radical (unpaired) electrons. The van der Waals surface area contributed by atoms with Crippen molar-refractivity contribution < 1.29 is 47.2 Å². The molecule has 12 aromatic rings. The molecule has 0 spiro atoms. The van der Waals surface area contributed by atoms with Crippen LogP contribution >= 0.6 is 0 Å². The number of carboxylic acids is 1. The highest BCUT2D eigenvalue weighted by Gasteiger charge is 2.34. The standard InChI is InChI=1S/C28H23FN6O.C28H23FN2O4.C27H23FN2O2/c29-22-5-7-23(8-6-22)35-25-14-21-16-30-15-20(21)13-24(25)26(27(35)18-9-11-36-12-10-18)17-1-3-19(4-2-17)28-31-33-34-32-28;29-20-2-4-21(5-3-20)31-24-13-19-15-30-14-18(19)12-22(24)26(27(31)16-7-9-35-10-8-16)17-1-6-25(32)23(11-17)28(33)34;28-21-4-6-22(7-5-21)30-25-14-20-16-29-15-19(20)13-24(25)26(18-2-1-3-23(31)12-18)27(30)17-8-10-32-11-9-17/h1-8,13-14,16,18H,9-12,15H2,(H,31,32,33,34);1-6,11-13,15-16,32H,7-10,14H2,(H,33,34);1-2,4-7,12-14,16-17H,3,8-11,15H2. The molecule has 19 rings (SSSR count). The first-order valence-corrected chi connectivity index (χ1v) is 34.9. The molecular formula is C83H69F3N10O7. The number of aromatic carboxylic acids is 1. The van der Waals surface area contributed by atoms with E-state index in [1.165, 1.54) is 82.0 Å². The van der Waals surface area contributed by atoms with Crippen LogP contribution in [-0.4, -0.2) is 115 Å². The molecule has 20 heteroatoms. The number of fused-ring (bicyclic) bond motifs is 6. The van der Waals surface area contributed by atoms with Crippen LogP contribution in [0.1, 0.15) is 129 Å². The van der Waals surface area contributed by atoms with Gasteiger partial charge < -0.3 is 38.1 Å². The molecule has 103 heavy (non-hydrogen) atoms. The average Bonchev–Trinajstić information content (AvgIpc) is 1.59. The van der Waals surface area contributed by atoms with Crippen LogP contribution < -0.4 is 0 Å². The Bertz CT molecular complexity index is 5480. The van der Waals surface area contributed by atoms with Crippen LogP contribution in [0.4, 0.5) is 13.2 Å². The highest BCUT2D eigenvalue weighted by atomic mass is 19.1. The topological polar surface area (TPSA) is 209 Å². The first-order chi connectivity index (χ1) is 50.5. The van der Waals surface area contributed by atoms with Crippen molar-refractivity contribution in [2.24, 2.45) is 15.0 Å². The molecule has 514 valence electrons. The Morgan fingerprint density at radius 2 is 0.883 bits per heavy atom. The van der Waals surface area contributed by atoms with Crippen LogP contribution in [0.5, 0.6) is 5.75 Å². The summed E-state index contributed by atoms with van der Waals surface area (Å²) < 4.78 is 65.4. The number of ether oxygens (including phenoxy) is 3. The third kappa shape index (κ3) is 12.3. The molecule has 17 nitrogen and oxygen atoms in total. The lowest BCUT2D eigenvalue weighted by atomic mass is 9.88. The van der Waals surface area contributed by atoms with Crippen molar-refractivity contribution in [3.63, 3.8) is 0 Å². The first kappa shape index (κ1) is 64.9. The number of halogens is 3. The number of phenols is 1. The van der Waals surface area contributed by atoms with E-state index >= 15 is 0 Å². The van der Waals surface area contributed by atoms with E-state index in [1.54, 1.807) is 24.3 Å². The Balaban J connectivity index is 0.000000115. The normalized spacial score (nSPS) is 16.5. The summed E-state index contributed by atoms with van der Waals surface area (Å²) in [5.74, 6) is -0.834. The van der Waals surface area contributed by atoms with Crippen molar-refractivity contribution in [2.75, 3.05) is 39.6 Å². The van der Waals surface area contributed by atoms with Gasteiger partial charge in [0.05, 0.1) is 36.2 Å². The van der Waals surface area contributed by atoms with Crippen molar-refractivity contribution in [1.82, 2.24) is 34.3 Å². The van der Waals surface area contributed by atoms with Crippen LogP contribution in [0.3, 0.4) is 0 Å². The van der Waals surface area contributed by atoms with Crippen molar-refractivity contribution in [2.45, 2.75) is 82.3 Å². The van der Waals surface area contributed by atoms with E-state index < -0.39 is 5.97 Å². The molecule has 3 fully saturated rings. The van der Waals surface area contributed by atoms with E-state index in [-0.39, 0.29) is 46.4 Å². The van der Waals surface area contributed by atoms with E-state index in [4.69, 9.17) is 14.2 Å². The molecule has 10 heterocycles. The van der Waals surface area contributed by atoms with Crippen molar-refractivity contribution in [1.29, 1.82) is 0 Å². The summed E-state index contributed by atoms with van der Waals surface area (Å²) in [5.41, 5.74) is 22.9. The maximum absolute atomic E-state index is 13.9. The average molecular weight is 1380 g/mol. The maximum atomic E-state index is 13.9. The lowest BCUT2D eigenvalue weighted by molar-refractivity contribution is -0.113. The fraction of sp³-hybridized carbons (Fsp3) is 0.229. The molecule has 0 unspecified atom stereocenters. The SMILES string of the molecule is Fc1ccc(-n2c(C3CCOCC3)c(-c3ccc(-c4nn[nH]n4)cc3)c3cc4c(cc32)C=NC4)cc1.O=C(O)c1cc(-c2c(C3CCOCC3)n(-c3ccc(F)cc3)c3cc4c(cc23)CN=C4)ccc1O.O=C1C=C(c2c(C3CCOCC3)n(-c3ccc(F)cc3)c3cc4c(cc23)CN=C4)C=CC1. The number of carbonyl (C=O) groups is 2. The molecule has 0 bridgehead atoms. The molecule has 3 saturated heterocycles. The highest BCUT2D eigenvalue weighted by molar-refractivity contribution is 6.09. The summed E-state index contributed by atoms with van der Waals surface area (Å²) in [6.45, 7) is 6.11. The number of hydrogen-bond acceptors (Lipinski definition) is 12. The van der Waals surface area contributed by atoms with Gasteiger partial charge in [0, 0.05) is 155 Å². The molecule has 0 atom stereocenters. The fourth-order valence-corrected chi connectivity index (χ4v) is 16.0. The van der Waals surface area contributed by atoms with Crippen molar-refractivity contribution in [3.8, 4) is 56.5 Å². The van der Waals surface area contributed by atoms with Gasteiger partial charge in [0.25, 0.3) is 0 Å². The molecule has 1 aliphatic carbocycles. The zero-order valence-corrected chi connectivity index (χ0v) is 56.0. The van der Waals surface area contributed by atoms with Gasteiger partial charge in [-0.15, -0.1) is 10.2 Å². The van der Waals surface area contributed by atoms with Gasteiger partial charge in [0.15, 0.2) is 5.78 Å². The molecule has 7 aliphatic rings. The summed E-state index contributed by atoms with van der Waals surface area (Å²) in [4.78, 5) is 37.6. The predicted octanol–water partition coefficient (Wildman–Crippen LogP) is 16.6. The van der Waals surface area contributed by atoms with E-state index in [1.807, 2.05) is 61.1 Å². The van der Waals surface area contributed by atoms with E-state index in [9.17, 15) is 33.0 Å². The second-order valence-electron chi connectivity index (χ2n) is 27.0. The highest BCUT2D eigenvalue weighted by Crippen LogP contribution is 2.49. The van der Waals surface area contributed by atoms with Gasteiger partial charge in [-0.25, -0.2) is 18.0 Å². The summed E-state index contributed by atoms with van der Waals surface area (Å²) in [6.07, 6.45) is 17.3. The Labute approximate surface area is 589 Å². The van der Waals surface area contributed by atoms with Crippen molar-refractivity contribution >= 4 is 68.7 Å². The Morgan fingerprint density at radius 1 is 0.485 bits per heavy atom. The van der Waals surface area contributed by atoms with Crippen LogP contribution in [0.15, 0.2) is 185 Å². The molecular weight excluding hydrogens is 1310 g/mol. The van der Waals surface area contributed by atoms with Crippen LogP contribution in [0, 0.1) is 17.5 Å². The Morgan fingerprint density at radius 3 is 1.29 bits per heavy atom. The minimum atomic E-state index is -1.19. The van der Waals surface area contributed by atoms with Gasteiger partial charge in [0.1, 0.15) is 28.8 Å². The molecule has 8 aromatic carbocycles. The number of carboxylic acid groups (broad SMARTS) is 1. The number of ketones is 1. The quantitative estimate of drug-likeness (QED) is 0.112. The zero-order valence-electron chi connectivity index (χ0n) is 56.0. The second-order valence-corrected chi connectivity index (χ2v) is 27.0. The number of aliphatic imine (C=N–C) groups is 3. The maximum Gasteiger partial charge on any atom is 0.339 e. The number of aromatic hydroxyl groups is 1. The third-order valence-corrected chi connectivity index (χ3v) is 20.9. The summed E-state index contributed by atoms with van der Waals surface area (Å²) in [6, 6.07) is 46.1. The molecule has 6 aliphatic heterocycles. The van der Waals surface area contributed by atoms with Gasteiger partial charge >= 0.3 is 5.97 Å². The van der Waals surface area contributed by atoms with Crippen LogP contribution in [0.25, 0.3) is 89.0 Å². The van der Waals surface area contributed by atoms with E-state index in [0.29, 0.717) is 69.8 Å². The van der Waals surface area contributed by atoms with Gasteiger partial charge in [-0.2, -0.15) is 5.21 Å². The number of allylic oxidation sites excluding steroid dienone is 4. The number of carbonyl (C=O) groups excluding carboxylic acids is 1. The number of nitrogens with one attached hydrogen (secondary N) is 1. The number of nitrogens with zero attached hydrogens (tertiary/aromatic N) is 9. The number of tetrazole rings is 1. The van der Waals surface area contributed by atoms with Crippen LogP contribution in [0.2, 0.25) is 0 Å². The van der Waals surface area contributed by atoms with Gasteiger partial charge in [-0.1, -0.05) is 42.5 Å². The largest absolute Gasteiger partial charge is 0.507 e. The fourth-order valence-electron chi connectivity index (χ4n) is 16.0. The summed E-state index contributed by atoms with van der Waals surface area (Å²) >= 11 is 0. The Kier molecular flexibility index (Phi) is 17.3. The number of hydrogen-bond donors (Lipinski definition) is 3. The van der Waals surface area contributed by atoms with Gasteiger partial charge in [-0.05, 0) is 221 Å². The van der Waals surface area contributed by atoms with E-state index in [0.717, 1.165) is 152 Å². The minimum absolute atomic E-state index is 0.118. The minimum Gasteiger partial charge on any atom is -0.507 e. The lowest BCUT2D eigenvalue weighted by Crippen LogP contribution is -2.18. The van der Waals surface area contributed by atoms with Gasteiger partial charge in [0.2, 0.25) is 5.82 Å². The molecule has 3 N–H and O–H groups in total. The van der Waals surface area contributed by atoms with Crippen molar-refractivity contribution in [3.05, 3.63) is 249 Å². The smallest absolute Gasteiger partial charge is 0.339 e. The molecule has 0 amide bonds. The number of aromatic nitrogens is 7. The second kappa shape index (κ2) is 27.5. The number of H-pyrrole nitrogens is 1. The van der Waals surface area contributed by atoms with Crippen LogP contribution in [-0.2, 0) is 38.6 Å². The lowest BCUT2D eigenvalue weighted by Gasteiger charge is -2.26. The number of aromatic amines is 1. The summed E-state index contributed by atoms with van der Waals surface area (Å²) in [7, 11) is 0. The monoisotopic (exact) mass is 1370 g/mol. The summed E-state index contributed by atoms with van der Waals surface area (Å²) in [5, 5.41) is 37.5. The molecule has 0 saturated carbocycles. The third-order valence-electron chi connectivity index (χ3n) is 20.9. The Hall–Kier alpha value is -11.5. The predicted molar refractivity (Wildman–Crippen MR) is 391 cm³/mol. The number of rotatable bonds is 11. The number of benzene rings is 8. The molecule has 4 aromatic heterocycles. The first-order valence-electron chi connectivity index (χ1n) is 34.9. The van der Waals surface area contributed by atoms with E-state index in [2.05, 4.69) is 104 Å².